The Labute approximate surface area is 153 Å². The Balaban J connectivity index is 1.79. The first-order chi connectivity index (χ1) is 12.6. The third kappa shape index (κ3) is 4.34. The number of aromatic nitrogens is 2. The Morgan fingerprint density at radius 2 is 2.12 bits per heavy atom. The van der Waals surface area contributed by atoms with E-state index in [0.29, 0.717) is 25.2 Å². The minimum absolute atomic E-state index is 0.189. The zero-order valence-corrected chi connectivity index (χ0v) is 15.1. The lowest BCUT2D eigenvalue weighted by atomic mass is 10.1. The summed E-state index contributed by atoms with van der Waals surface area (Å²) in [5, 5.41) is 4.17. The van der Waals surface area contributed by atoms with Gasteiger partial charge in [-0.3, -0.25) is 9.35 Å². The molecule has 0 spiro atoms. The Kier molecular flexibility index (Phi) is 5.77. The number of nitrogens with zero attached hydrogens (tertiary/aromatic N) is 2. The average Bonchev–Trinajstić information content (AvgIpc) is 2.62. The summed E-state index contributed by atoms with van der Waals surface area (Å²) >= 11 is -1.95. The van der Waals surface area contributed by atoms with E-state index in [0.717, 1.165) is 22.3 Å². The smallest absolute Gasteiger partial charge is 0.249 e. The number of H-pyrrole nitrogens is 1. The molecule has 1 aromatic carbocycles. The minimum atomic E-state index is -1.95. The highest BCUT2D eigenvalue weighted by atomic mass is 32.2. The van der Waals surface area contributed by atoms with Crippen LogP contribution in [-0.2, 0) is 17.7 Å². The molecule has 0 aliphatic rings. The molecule has 3 aromatic rings. The molecule has 26 heavy (non-hydrogen) atoms. The van der Waals surface area contributed by atoms with Crippen molar-refractivity contribution in [2.45, 2.75) is 13.3 Å². The van der Waals surface area contributed by atoms with Crippen LogP contribution in [0.3, 0.4) is 0 Å². The van der Waals surface area contributed by atoms with Gasteiger partial charge in [-0.05, 0) is 36.2 Å². The van der Waals surface area contributed by atoms with E-state index in [1.165, 1.54) is 10.4 Å². The number of rotatable bonds is 7. The van der Waals surface area contributed by atoms with E-state index < -0.39 is 11.3 Å². The second kappa shape index (κ2) is 8.22. The van der Waals surface area contributed by atoms with Crippen LogP contribution in [0.25, 0.3) is 11.0 Å². The molecule has 8 heteroatoms. The Bertz CT molecular complexity index is 989. The monoisotopic (exact) mass is 372 g/mol. The third-order valence-electron chi connectivity index (χ3n) is 4.06. The van der Waals surface area contributed by atoms with Crippen molar-refractivity contribution in [3.05, 3.63) is 64.6 Å². The summed E-state index contributed by atoms with van der Waals surface area (Å²) in [7, 11) is 0. The molecule has 3 rings (SSSR count). The van der Waals surface area contributed by atoms with Gasteiger partial charge >= 0.3 is 0 Å². The first kappa shape index (κ1) is 18.2. The van der Waals surface area contributed by atoms with E-state index >= 15 is 0 Å². The molecule has 0 saturated carbocycles. The van der Waals surface area contributed by atoms with Crippen LogP contribution < -0.4 is 10.9 Å². The molecule has 1 unspecified atom stereocenters. The number of pyridine rings is 2. The van der Waals surface area contributed by atoms with Crippen molar-refractivity contribution in [1.29, 1.82) is 0 Å². The molecule has 136 valence electrons. The van der Waals surface area contributed by atoms with Crippen LogP contribution in [0, 0.1) is 0 Å². The zero-order valence-electron chi connectivity index (χ0n) is 14.3. The van der Waals surface area contributed by atoms with Crippen molar-refractivity contribution < 1.29 is 8.76 Å². The highest BCUT2D eigenvalue weighted by Crippen LogP contribution is 2.24. The standard InChI is InChI=1S/C18H20N4O3S/c1-2-22(26(24)25)11-9-13-4-3-5-14(12-13)20-16-8-10-19-18-15(16)6-7-17(23)21-18/h3-8,10,12H,2,9,11H2,1H3,(H,24,25)(H2,19,20,21,23). The highest BCUT2D eigenvalue weighted by Gasteiger charge is 2.09. The summed E-state index contributed by atoms with van der Waals surface area (Å²) in [6.07, 6.45) is 2.31. The molecule has 0 fully saturated rings. The van der Waals surface area contributed by atoms with Gasteiger partial charge in [-0.25, -0.2) is 13.5 Å². The van der Waals surface area contributed by atoms with Gasteiger partial charge in [0, 0.05) is 36.4 Å². The van der Waals surface area contributed by atoms with E-state index in [-0.39, 0.29) is 5.56 Å². The largest absolute Gasteiger partial charge is 0.355 e. The van der Waals surface area contributed by atoms with Crippen LogP contribution >= 0.6 is 0 Å². The van der Waals surface area contributed by atoms with Crippen molar-refractivity contribution >= 4 is 33.7 Å². The van der Waals surface area contributed by atoms with E-state index in [2.05, 4.69) is 15.3 Å². The molecule has 2 heterocycles. The lowest BCUT2D eigenvalue weighted by Gasteiger charge is -2.15. The van der Waals surface area contributed by atoms with Gasteiger partial charge in [0.15, 0.2) is 0 Å². The number of aromatic amines is 1. The van der Waals surface area contributed by atoms with Gasteiger partial charge in [0.1, 0.15) is 5.65 Å². The Morgan fingerprint density at radius 3 is 2.88 bits per heavy atom. The van der Waals surface area contributed by atoms with Gasteiger partial charge in [0.2, 0.25) is 16.8 Å². The Hall–Kier alpha value is -2.55. The maximum Gasteiger partial charge on any atom is 0.249 e. The number of benzene rings is 1. The van der Waals surface area contributed by atoms with Crippen LogP contribution in [-0.4, -0.2) is 36.1 Å². The summed E-state index contributed by atoms with van der Waals surface area (Å²) in [5.74, 6) is 0. The number of hydrogen-bond donors (Lipinski definition) is 3. The van der Waals surface area contributed by atoms with Crippen LogP contribution in [0.5, 0.6) is 0 Å². The molecule has 0 aliphatic heterocycles. The fraction of sp³-hybridized carbons (Fsp3) is 0.222. The number of hydrogen-bond acceptors (Lipinski definition) is 4. The molecule has 1 atom stereocenters. The first-order valence-corrected chi connectivity index (χ1v) is 9.33. The minimum Gasteiger partial charge on any atom is -0.355 e. The Morgan fingerprint density at radius 1 is 1.27 bits per heavy atom. The third-order valence-corrected chi connectivity index (χ3v) is 4.95. The molecule has 3 N–H and O–H groups in total. The molecule has 2 aromatic heterocycles. The van der Waals surface area contributed by atoms with Gasteiger partial charge in [-0.1, -0.05) is 19.1 Å². The number of anilines is 2. The lowest BCUT2D eigenvalue weighted by Crippen LogP contribution is -2.27. The van der Waals surface area contributed by atoms with Crippen LogP contribution in [0.2, 0.25) is 0 Å². The van der Waals surface area contributed by atoms with Crippen molar-refractivity contribution in [2.24, 2.45) is 0 Å². The molecule has 0 saturated heterocycles. The van der Waals surface area contributed by atoms with E-state index in [9.17, 15) is 13.6 Å². The van der Waals surface area contributed by atoms with Crippen molar-refractivity contribution in [2.75, 3.05) is 18.4 Å². The van der Waals surface area contributed by atoms with Crippen LogP contribution in [0.4, 0.5) is 11.4 Å². The first-order valence-electron chi connectivity index (χ1n) is 8.26. The maximum atomic E-state index is 11.4. The van der Waals surface area contributed by atoms with Gasteiger partial charge < -0.3 is 10.3 Å². The summed E-state index contributed by atoms with van der Waals surface area (Å²) in [6, 6.07) is 12.9. The summed E-state index contributed by atoms with van der Waals surface area (Å²) in [5.41, 5.74) is 3.14. The zero-order chi connectivity index (χ0) is 18.5. The van der Waals surface area contributed by atoms with Gasteiger partial charge in [-0.2, -0.15) is 0 Å². The van der Waals surface area contributed by atoms with E-state index in [4.69, 9.17) is 0 Å². The normalized spacial score (nSPS) is 12.4. The summed E-state index contributed by atoms with van der Waals surface area (Å²) in [6.45, 7) is 2.87. The predicted octanol–water partition coefficient (Wildman–Crippen LogP) is 2.67. The maximum absolute atomic E-state index is 11.4. The lowest BCUT2D eigenvalue weighted by molar-refractivity contribution is 0.414. The topological polar surface area (TPSA) is 98.3 Å². The molecular formula is C18H20N4O3S. The SMILES string of the molecule is CCN(CCc1cccc(Nc2ccnc3[nH]c(=O)ccc23)c1)S(=O)O. The van der Waals surface area contributed by atoms with Gasteiger partial charge in [0.25, 0.3) is 0 Å². The molecule has 0 radical (unpaired) electrons. The van der Waals surface area contributed by atoms with Crippen molar-refractivity contribution in [3.63, 3.8) is 0 Å². The second-order valence-electron chi connectivity index (χ2n) is 5.77. The van der Waals surface area contributed by atoms with E-state index in [1.807, 2.05) is 37.3 Å². The number of nitrogens with one attached hydrogen (secondary N) is 2. The quantitative estimate of drug-likeness (QED) is 0.554. The summed E-state index contributed by atoms with van der Waals surface area (Å²) in [4.78, 5) is 18.3. The molecule has 0 amide bonds. The van der Waals surface area contributed by atoms with Crippen LogP contribution in [0.1, 0.15) is 12.5 Å². The van der Waals surface area contributed by atoms with Crippen molar-refractivity contribution in [3.8, 4) is 0 Å². The fourth-order valence-electron chi connectivity index (χ4n) is 2.73. The number of likely N-dealkylation sites (N-methyl/N-ethyl adjacent to an activating group) is 1. The highest BCUT2D eigenvalue weighted by molar-refractivity contribution is 7.76. The fourth-order valence-corrected chi connectivity index (χ4v) is 3.20. The average molecular weight is 372 g/mol. The molecule has 0 aliphatic carbocycles. The van der Waals surface area contributed by atoms with Crippen molar-refractivity contribution in [1.82, 2.24) is 14.3 Å². The molecule has 7 nitrogen and oxygen atoms in total. The number of fused-ring (bicyclic) bond motifs is 1. The van der Waals surface area contributed by atoms with Gasteiger partial charge in [-0.15, -0.1) is 0 Å². The molecule has 0 bridgehead atoms. The second-order valence-corrected chi connectivity index (χ2v) is 6.75. The molecular weight excluding hydrogens is 352 g/mol. The van der Waals surface area contributed by atoms with Gasteiger partial charge in [0.05, 0.1) is 5.69 Å². The predicted molar refractivity (Wildman–Crippen MR) is 104 cm³/mol. The van der Waals surface area contributed by atoms with Crippen LogP contribution in [0.15, 0.2) is 53.5 Å². The summed E-state index contributed by atoms with van der Waals surface area (Å²) < 4.78 is 21.9. The van der Waals surface area contributed by atoms with E-state index in [1.54, 1.807) is 12.3 Å².